The molecule has 100 valence electrons. The highest BCUT2D eigenvalue weighted by molar-refractivity contribution is 5.99. The molecule has 0 aliphatic carbocycles. The Bertz CT molecular complexity index is 528. The van der Waals surface area contributed by atoms with E-state index in [-0.39, 0.29) is 0 Å². The van der Waals surface area contributed by atoms with Crippen LogP contribution in [0.2, 0.25) is 0 Å². The van der Waals surface area contributed by atoms with Crippen molar-refractivity contribution in [2.75, 3.05) is 6.54 Å². The van der Waals surface area contributed by atoms with Gasteiger partial charge in [0.15, 0.2) is 0 Å². The molecule has 0 bridgehead atoms. The van der Waals surface area contributed by atoms with E-state index >= 15 is 0 Å². The predicted molar refractivity (Wildman–Crippen MR) is 72.2 cm³/mol. The summed E-state index contributed by atoms with van der Waals surface area (Å²) in [6.45, 7) is 6.34. The fourth-order valence-corrected chi connectivity index (χ4v) is 1.72. The average molecular weight is 252 g/mol. The third-order valence-corrected chi connectivity index (χ3v) is 2.63. The zero-order chi connectivity index (χ0) is 13.5. The molecule has 0 spiro atoms. The second-order valence-corrected chi connectivity index (χ2v) is 4.22. The molecule has 0 amide bonds. The van der Waals surface area contributed by atoms with E-state index in [1.54, 1.807) is 13.8 Å². The van der Waals surface area contributed by atoms with E-state index in [1.807, 2.05) is 0 Å². The minimum atomic E-state index is -0.495. The number of hydrogen-bond acceptors (Lipinski definition) is 4. The summed E-state index contributed by atoms with van der Waals surface area (Å²) in [5.74, 6) is 0. The third-order valence-electron chi connectivity index (χ3n) is 2.63. The Hall–Kier alpha value is -1.85. The number of hydrazone groups is 1. The molecule has 1 rings (SSSR count). The van der Waals surface area contributed by atoms with Crippen LogP contribution in [0, 0.1) is 6.92 Å². The lowest BCUT2D eigenvalue weighted by molar-refractivity contribution is 0.639. The van der Waals surface area contributed by atoms with Crippen molar-refractivity contribution in [1.29, 1.82) is 0 Å². The summed E-state index contributed by atoms with van der Waals surface area (Å²) in [5, 5.41) is 4.14. The van der Waals surface area contributed by atoms with Crippen molar-refractivity contribution in [2.45, 2.75) is 40.0 Å². The van der Waals surface area contributed by atoms with E-state index in [1.165, 1.54) is 0 Å². The highest BCUT2D eigenvalue weighted by Crippen LogP contribution is 1.97. The molecule has 0 saturated heterocycles. The molecule has 3 N–H and O–H groups in total. The first-order valence-corrected chi connectivity index (χ1v) is 6.17. The molecule has 0 unspecified atom stereocenters. The zero-order valence-corrected chi connectivity index (χ0v) is 11.1. The number of aromatic nitrogens is 2. The molecule has 0 atom stereocenters. The topological polar surface area (TPSA) is 90.1 Å². The van der Waals surface area contributed by atoms with E-state index in [0.29, 0.717) is 17.0 Å². The van der Waals surface area contributed by atoms with Gasteiger partial charge in [-0.3, -0.25) is 9.78 Å². The number of H-pyrrole nitrogens is 2. The second kappa shape index (κ2) is 6.78. The molecule has 1 aromatic heterocycles. The maximum atomic E-state index is 11.7. The molecular formula is C12H20N4O2. The van der Waals surface area contributed by atoms with E-state index in [2.05, 4.69) is 27.4 Å². The van der Waals surface area contributed by atoms with Gasteiger partial charge in [-0.25, -0.2) is 4.79 Å². The summed E-state index contributed by atoms with van der Waals surface area (Å²) in [4.78, 5) is 27.5. The standard InChI is InChI=1S/C12H20N4O2/c1-4-5-6-7-13-16-9(3)10-8(2)14-12(18)15-11(10)17/h13H,4-7H2,1-3H3,(H2,14,15,17,18). The monoisotopic (exact) mass is 252 g/mol. The molecule has 1 heterocycles. The van der Waals surface area contributed by atoms with Crippen LogP contribution in [0.25, 0.3) is 0 Å². The number of aryl methyl sites for hydroxylation is 1. The van der Waals surface area contributed by atoms with Gasteiger partial charge >= 0.3 is 5.69 Å². The molecule has 1 aromatic rings. The van der Waals surface area contributed by atoms with E-state index in [9.17, 15) is 9.59 Å². The molecule has 0 radical (unpaired) electrons. The van der Waals surface area contributed by atoms with Crippen LogP contribution in [0.15, 0.2) is 14.7 Å². The van der Waals surface area contributed by atoms with Crippen molar-refractivity contribution in [3.8, 4) is 0 Å². The van der Waals surface area contributed by atoms with E-state index < -0.39 is 11.2 Å². The van der Waals surface area contributed by atoms with E-state index in [0.717, 1.165) is 25.8 Å². The largest absolute Gasteiger partial charge is 0.325 e. The van der Waals surface area contributed by atoms with Gasteiger partial charge < -0.3 is 10.4 Å². The number of unbranched alkanes of at least 4 members (excludes halogenated alkanes) is 2. The zero-order valence-electron chi connectivity index (χ0n) is 11.1. The van der Waals surface area contributed by atoms with Crippen molar-refractivity contribution in [1.82, 2.24) is 15.4 Å². The molecule has 0 aliphatic heterocycles. The lowest BCUT2D eigenvalue weighted by Crippen LogP contribution is -2.29. The van der Waals surface area contributed by atoms with Crippen LogP contribution in [-0.4, -0.2) is 22.2 Å². The van der Waals surface area contributed by atoms with Crippen molar-refractivity contribution in [3.63, 3.8) is 0 Å². The summed E-state index contributed by atoms with van der Waals surface area (Å²) in [6, 6.07) is 0. The van der Waals surface area contributed by atoms with Crippen molar-refractivity contribution in [2.24, 2.45) is 5.10 Å². The average Bonchev–Trinajstić information content (AvgIpc) is 2.27. The van der Waals surface area contributed by atoms with Gasteiger partial charge in [0.1, 0.15) is 0 Å². The summed E-state index contributed by atoms with van der Waals surface area (Å²) in [5.41, 5.74) is 3.54. The third kappa shape index (κ3) is 3.87. The SMILES string of the molecule is CCCCCNN=C(C)c1c(C)[nH]c(=O)[nH]c1=O. The van der Waals surface area contributed by atoms with Crippen LogP contribution < -0.4 is 16.7 Å². The van der Waals surface area contributed by atoms with Gasteiger partial charge in [-0.05, 0) is 20.3 Å². The number of nitrogens with one attached hydrogen (secondary N) is 3. The minimum absolute atomic E-state index is 0.409. The Labute approximate surface area is 106 Å². The van der Waals surface area contributed by atoms with Gasteiger partial charge in [0.25, 0.3) is 5.56 Å². The summed E-state index contributed by atoms with van der Waals surface area (Å²) in [7, 11) is 0. The first-order chi connectivity index (χ1) is 8.56. The minimum Gasteiger partial charge on any atom is -0.311 e. The number of nitrogens with zero attached hydrogens (tertiary/aromatic N) is 1. The number of hydrogen-bond donors (Lipinski definition) is 3. The Balaban J connectivity index is 2.78. The first kappa shape index (κ1) is 14.2. The number of rotatable bonds is 6. The molecule has 0 aromatic carbocycles. The summed E-state index contributed by atoms with van der Waals surface area (Å²) in [6.07, 6.45) is 3.36. The maximum Gasteiger partial charge on any atom is 0.325 e. The molecule has 6 heteroatoms. The first-order valence-electron chi connectivity index (χ1n) is 6.17. The lowest BCUT2D eigenvalue weighted by Gasteiger charge is -2.04. The van der Waals surface area contributed by atoms with Gasteiger partial charge in [-0.2, -0.15) is 5.10 Å². The van der Waals surface area contributed by atoms with Gasteiger partial charge in [-0.15, -0.1) is 0 Å². The van der Waals surface area contributed by atoms with Gasteiger partial charge in [0, 0.05) is 12.2 Å². The highest BCUT2D eigenvalue weighted by Gasteiger charge is 2.08. The summed E-state index contributed by atoms with van der Waals surface area (Å²) < 4.78 is 0. The van der Waals surface area contributed by atoms with Crippen LogP contribution in [-0.2, 0) is 0 Å². The Morgan fingerprint density at radius 3 is 2.61 bits per heavy atom. The molecule has 0 saturated carbocycles. The molecule has 18 heavy (non-hydrogen) atoms. The normalized spacial score (nSPS) is 11.6. The van der Waals surface area contributed by atoms with Gasteiger partial charge in [0.05, 0.1) is 11.3 Å². The van der Waals surface area contributed by atoms with Crippen molar-refractivity contribution < 1.29 is 0 Å². The van der Waals surface area contributed by atoms with Crippen LogP contribution in [0.3, 0.4) is 0 Å². The Kier molecular flexibility index (Phi) is 5.35. The summed E-state index contributed by atoms with van der Waals surface area (Å²) >= 11 is 0. The van der Waals surface area contributed by atoms with E-state index in [4.69, 9.17) is 0 Å². The fourth-order valence-electron chi connectivity index (χ4n) is 1.72. The maximum absolute atomic E-state index is 11.7. The lowest BCUT2D eigenvalue weighted by atomic mass is 10.1. The molecular weight excluding hydrogens is 232 g/mol. The van der Waals surface area contributed by atoms with Crippen molar-refractivity contribution in [3.05, 3.63) is 32.1 Å². The number of aromatic amines is 2. The van der Waals surface area contributed by atoms with Gasteiger partial charge in [-0.1, -0.05) is 19.8 Å². The Morgan fingerprint density at radius 2 is 2.00 bits per heavy atom. The van der Waals surface area contributed by atoms with Gasteiger partial charge in [0.2, 0.25) is 0 Å². The van der Waals surface area contributed by atoms with Crippen LogP contribution in [0.5, 0.6) is 0 Å². The van der Waals surface area contributed by atoms with Crippen LogP contribution in [0.1, 0.15) is 44.4 Å². The molecule has 0 aliphatic rings. The highest BCUT2D eigenvalue weighted by atomic mass is 16.2. The second-order valence-electron chi connectivity index (χ2n) is 4.22. The van der Waals surface area contributed by atoms with Crippen LogP contribution in [0.4, 0.5) is 0 Å². The Morgan fingerprint density at radius 1 is 1.28 bits per heavy atom. The molecule has 6 nitrogen and oxygen atoms in total. The molecule has 0 fully saturated rings. The van der Waals surface area contributed by atoms with Crippen LogP contribution >= 0.6 is 0 Å². The predicted octanol–water partition coefficient (Wildman–Crippen LogP) is 0.875. The smallest absolute Gasteiger partial charge is 0.311 e. The van der Waals surface area contributed by atoms with Crippen molar-refractivity contribution >= 4 is 5.71 Å². The fraction of sp³-hybridized carbons (Fsp3) is 0.583. The quantitative estimate of drug-likeness (QED) is 0.399.